The molecule has 2 heterocycles. The molecule has 0 aliphatic carbocycles. The first-order chi connectivity index (χ1) is 14.9. The van der Waals surface area contributed by atoms with E-state index in [1.54, 1.807) is 18.2 Å². The fourth-order valence-corrected chi connectivity index (χ4v) is 3.28. The van der Waals surface area contributed by atoms with Crippen molar-refractivity contribution in [2.45, 2.75) is 19.4 Å². The molecular formula is C21H20FN3O6. The first kappa shape index (κ1) is 20.5. The van der Waals surface area contributed by atoms with Gasteiger partial charge in [-0.15, -0.1) is 0 Å². The molecule has 31 heavy (non-hydrogen) atoms. The lowest BCUT2D eigenvalue weighted by molar-refractivity contribution is -0.134. The van der Waals surface area contributed by atoms with E-state index in [0.717, 1.165) is 0 Å². The average Bonchev–Trinajstić information content (AvgIpc) is 3.39. The SMILES string of the molecule is CC(Oc1ccc(F)cc1)C(=O)NNC(=O)C1CC(=O)N(c2ccc3c(c2)OCO3)C1. The molecule has 3 amide bonds. The number of benzene rings is 2. The zero-order valence-corrected chi connectivity index (χ0v) is 16.6. The Morgan fingerprint density at radius 1 is 1.13 bits per heavy atom. The maximum atomic E-state index is 12.9. The van der Waals surface area contributed by atoms with Gasteiger partial charge in [0.25, 0.3) is 5.91 Å². The molecule has 4 rings (SSSR count). The van der Waals surface area contributed by atoms with Crippen molar-refractivity contribution in [2.24, 2.45) is 5.92 Å². The number of anilines is 1. The molecule has 0 radical (unpaired) electrons. The van der Waals surface area contributed by atoms with Crippen LogP contribution in [0.3, 0.4) is 0 Å². The van der Waals surface area contributed by atoms with Gasteiger partial charge < -0.3 is 19.1 Å². The van der Waals surface area contributed by atoms with Gasteiger partial charge in [-0.05, 0) is 43.3 Å². The maximum absolute atomic E-state index is 12.9. The molecule has 10 heteroatoms. The third-order valence-corrected chi connectivity index (χ3v) is 4.97. The van der Waals surface area contributed by atoms with Gasteiger partial charge in [0.1, 0.15) is 11.6 Å². The van der Waals surface area contributed by atoms with Crippen LogP contribution >= 0.6 is 0 Å². The van der Waals surface area contributed by atoms with Gasteiger partial charge in [0.15, 0.2) is 17.6 Å². The van der Waals surface area contributed by atoms with E-state index in [4.69, 9.17) is 14.2 Å². The Morgan fingerprint density at radius 2 is 1.87 bits per heavy atom. The second kappa shape index (κ2) is 8.50. The van der Waals surface area contributed by atoms with E-state index >= 15 is 0 Å². The van der Waals surface area contributed by atoms with Crippen molar-refractivity contribution < 1.29 is 33.0 Å². The standard InChI is InChI=1S/C21H20FN3O6/c1-12(31-16-5-2-14(22)3-6-16)20(27)23-24-21(28)13-8-19(26)25(10-13)15-4-7-17-18(9-15)30-11-29-17/h2-7,9,12-13H,8,10-11H2,1H3,(H,23,27)(H,24,28). The number of nitrogens with one attached hydrogen (secondary N) is 2. The second-order valence-electron chi connectivity index (χ2n) is 7.14. The van der Waals surface area contributed by atoms with Crippen LogP contribution in [0, 0.1) is 11.7 Å². The summed E-state index contributed by atoms with van der Waals surface area (Å²) < 4.78 is 28.9. The van der Waals surface area contributed by atoms with Crippen LogP contribution in [0.5, 0.6) is 17.2 Å². The summed E-state index contributed by atoms with van der Waals surface area (Å²) in [6.45, 7) is 1.79. The van der Waals surface area contributed by atoms with Crippen LogP contribution < -0.4 is 30.0 Å². The van der Waals surface area contributed by atoms with Crippen molar-refractivity contribution in [1.29, 1.82) is 0 Å². The van der Waals surface area contributed by atoms with Crippen LogP contribution in [0.25, 0.3) is 0 Å². The van der Waals surface area contributed by atoms with Crippen LogP contribution in [0.15, 0.2) is 42.5 Å². The highest BCUT2D eigenvalue weighted by Crippen LogP contribution is 2.37. The van der Waals surface area contributed by atoms with E-state index in [0.29, 0.717) is 22.9 Å². The van der Waals surface area contributed by atoms with E-state index in [-0.39, 0.29) is 25.7 Å². The highest BCUT2D eigenvalue weighted by Gasteiger charge is 2.36. The van der Waals surface area contributed by atoms with Crippen molar-refractivity contribution in [3.63, 3.8) is 0 Å². The summed E-state index contributed by atoms with van der Waals surface area (Å²) in [5.74, 6) is -0.878. The molecular weight excluding hydrogens is 409 g/mol. The average molecular weight is 429 g/mol. The van der Waals surface area contributed by atoms with E-state index in [1.165, 1.54) is 36.1 Å². The quantitative estimate of drug-likeness (QED) is 0.699. The van der Waals surface area contributed by atoms with Gasteiger partial charge in [0, 0.05) is 24.7 Å². The highest BCUT2D eigenvalue weighted by atomic mass is 19.1. The van der Waals surface area contributed by atoms with E-state index in [1.807, 2.05) is 0 Å². The van der Waals surface area contributed by atoms with E-state index < -0.39 is 29.7 Å². The smallest absolute Gasteiger partial charge is 0.279 e. The third kappa shape index (κ3) is 4.52. The van der Waals surface area contributed by atoms with Gasteiger partial charge in [0.05, 0.1) is 5.92 Å². The minimum absolute atomic E-state index is 0.0117. The van der Waals surface area contributed by atoms with Gasteiger partial charge in [0.2, 0.25) is 18.6 Å². The predicted molar refractivity (Wildman–Crippen MR) is 106 cm³/mol. The number of ether oxygens (including phenoxy) is 3. The fourth-order valence-electron chi connectivity index (χ4n) is 3.28. The molecule has 2 aromatic rings. The summed E-state index contributed by atoms with van der Waals surface area (Å²) >= 11 is 0. The number of rotatable bonds is 5. The number of halogens is 1. The molecule has 1 saturated heterocycles. The first-order valence-electron chi connectivity index (χ1n) is 9.62. The summed E-state index contributed by atoms with van der Waals surface area (Å²) in [6.07, 6.45) is -0.918. The number of hydrogen-bond acceptors (Lipinski definition) is 6. The second-order valence-corrected chi connectivity index (χ2v) is 7.14. The van der Waals surface area contributed by atoms with Crippen LogP contribution in [-0.2, 0) is 14.4 Å². The van der Waals surface area contributed by atoms with Crippen LogP contribution in [-0.4, -0.2) is 37.2 Å². The van der Waals surface area contributed by atoms with Crippen molar-refractivity contribution in [3.05, 3.63) is 48.3 Å². The molecule has 2 atom stereocenters. The van der Waals surface area contributed by atoms with Gasteiger partial charge in [-0.2, -0.15) is 0 Å². The van der Waals surface area contributed by atoms with E-state index in [2.05, 4.69) is 10.9 Å². The minimum Gasteiger partial charge on any atom is -0.481 e. The molecule has 2 aliphatic rings. The Morgan fingerprint density at radius 3 is 2.65 bits per heavy atom. The molecule has 2 N–H and O–H groups in total. The number of fused-ring (bicyclic) bond motifs is 1. The predicted octanol–water partition coefficient (Wildman–Crippen LogP) is 1.52. The topological polar surface area (TPSA) is 106 Å². The maximum Gasteiger partial charge on any atom is 0.279 e. The monoisotopic (exact) mass is 429 g/mol. The normalized spacial score (nSPS) is 17.9. The lowest BCUT2D eigenvalue weighted by Gasteiger charge is -2.18. The van der Waals surface area contributed by atoms with Crippen molar-refractivity contribution in [3.8, 4) is 17.2 Å². The number of carbonyl (C=O) groups excluding carboxylic acids is 3. The Balaban J connectivity index is 1.29. The zero-order valence-electron chi connectivity index (χ0n) is 16.6. The van der Waals surface area contributed by atoms with Crippen molar-refractivity contribution in [1.82, 2.24) is 10.9 Å². The molecule has 2 aliphatic heterocycles. The Hall–Kier alpha value is -3.82. The molecule has 2 aromatic carbocycles. The van der Waals surface area contributed by atoms with E-state index in [9.17, 15) is 18.8 Å². The molecule has 0 aromatic heterocycles. The first-order valence-corrected chi connectivity index (χ1v) is 9.62. The zero-order chi connectivity index (χ0) is 22.0. The highest BCUT2D eigenvalue weighted by molar-refractivity contribution is 6.00. The fraction of sp³-hybridized carbons (Fsp3) is 0.286. The van der Waals surface area contributed by atoms with Crippen LogP contribution in [0.2, 0.25) is 0 Å². The Bertz CT molecular complexity index is 1010. The lowest BCUT2D eigenvalue weighted by atomic mass is 10.1. The largest absolute Gasteiger partial charge is 0.481 e. The number of carbonyl (C=O) groups is 3. The number of nitrogens with zero attached hydrogens (tertiary/aromatic N) is 1. The van der Waals surface area contributed by atoms with Crippen molar-refractivity contribution in [2.75, 3.05) is 18.2 Å². The summed E-state index contributed by atoms with van der Waals surface area (Å²) in [5, 5.41) is 0. The van der Waals surface area contributed by atoms with Gasteiger partial charge in [-0.1, -0.05) is 0 Å². The molecule has 0 saturated carbocycles. The minimum atomic E-state index is -0.930. The molecule has 1 fully saturated rings. The summed E-state index contributed by atoms with van der Waals surface area (Å²) in [4.78, 5) is 38.5. The third-order valence-electron chi connectivity index (χ3n) is 4.97. The van der Waals surface area contributed by atoms with Gasteiger partial charge in [-0.3, -0.25) is 25.2 Å². The summed E-state index contributed by atoms with van der Waals surface area (Å²) in [6, 6.07) is 10.3. The van der Waals surface area contributed by atoms with Gasteiger partial charge >= 0.3 is 0 Å². The van der Waals surface area contributed by atoms with Gasteiger partial charge in [-0.25, -0.2) is 4.39 Å². The van der Waals surface area contributed by atoms with Crippen LogP contribution in [0.1, 0.15) is 13.3 Å². The Kier molecular flexibility index (Phi) is 5.61. The number of amides is 3. The molecule has 9 nitrogen and oxygen atoms in total. The van der Waals surface area contributed by atoms with Crippen molar-refractivity contribution >= 4 is 23.4 Å². The molecule has 2 unspecified atom stereocenters. The lowest BCUT2D eigenvalue weighted by Crippen LogP contribution is -2.49. The molecule has 0 bridgehead atoms. The number of hydrazine groups is 1. The Labute approximate surface area is 177 Å². The van der Waals surface area contributed by atoms with Crippen LogP contribution in [0.4, 0.5) is 10.1 Å². The summed E-state index contributed by atoms with van der Waals surface area (Å²) in [5.41, 5.74) is 5.23. The number of hydrogen-bond donors (Lipinski definition) is 2. The molecule has 162 valence electrons. The summed E-state index contributed by atoms with van der Waals surface area (Å²) in [7, 11) is 0. The molecule has 0 spiro atoms.